The minimum Gasteiger partial charge on any atom is -0.478 e. The van der Waals surface area contributed by atoms with Crippen molar-refractivity contribution in [2.75, 3.05) is 6.26 Å². The molecular weight excluding hydrogens is 200 g/mol. The molecule has 0 radical (unpaired) electrons. The molecule has 1 rings (SSSR count). The van der Waals surface area contributed by atoms with Crippen molar-refractivity contribution in [3.05, 3.63) is 29.8 Å². The van der Waals surface area contributed by atoms with Gasteiger partial charge in [0.05, 0.1) is 11.3 Å². The van der Waals surface area contributed by atoms with Crippen LogP contribution in [0.2, 0.25) is 0 Å². The summed E-state index contributed by atoms with van der Waals surface area (Å²) in [6.45, 7) is 0. The lowest BCUT2D eigenvalue weighted by Crippen LogP contribution is -2.04. The maximum Gasteiger partial charge on any atom is 0.335 e. The minimum absolute atomic E-state index is 0.242. The summed E-state index contributed by atoms with van der Waals surface area (Å²) < 4.78 is 0. The van der Waals surface area contributed by atoms with E-state index in [2.05, 4.69) is 4.99 Å². The van der Waals surface area contributed by atoms with Gasteiger partial charge in [-0.1, -0.05) is 11.8 Å². The number of amidine groups is 1. The number of carbonyl (C=O) groups is 1. The average Bonchev–Trinajstić information content (AvgIpc) is 2.18. The molecule has 4 nitrogen and oxygen atoms in total. The van der Waals surface area contributed by atoms with Crippen molar-refractivity contribution in [1.82, 2.24) is 0 Å². The molecule has 0 spiro atoms. The van der Waals surface area contributed by atoms with Crippen LogP contribution >= 0.6 is 11.8 Å². The summed E-state index contributed by atoms with van der Waals surface area (Å²) in [6.07, 6.45) is 1.82. The highest BCUT2D eigenvalue weighted by atomic mass is 32.2. The first-order valence-corrected chi connectivity index (χ1v) is 5.07. The van der Waals surface area contributed by atoms with Gasteiger partial charge in [0.2, 0.25) is 0 Å². The van der Waals surface area contributed by atoms with Crippen LogP contribution in [0.25, 0.3) is 0 Å². The number of benzene rings is 1. The van der Waals surface area contributed by atoms with Crippen molar-refractivity contribution in [1.29, 1.82) is 0 Å². The highest BCUT2D eigenvalue weighted by Crippen LogP contribution is 2.14. The van der Waals surface area contributed by atoms with E-state index in [-0.39, 0.29) is 5.56 Å². The van der Waals surface area contributed by atoms with E-state index >= 15 is 0 Å². The summed E-state index contributed by atoms with van der Waals surface area (Å²) >= 11 is 1.34. The number of nitrogens with two attached hydrogens (primary N) is 1. The monoisotopic (exact) mass is 210 g/mol. The second kappa shape index (κ2) is 4.66. The molecule has 0 atom stereocenters. The number of nitrogens with zero attached hydrogens (tertiary/aromatic N) is 1. The van der Waals surface area contributed by atoms with Gasteiger partial charge in [-0.25, -0.2) is 9.79 Å². The molecule has 0 amide bonds. The summed E-state index contributed by atoms with van der Waals surface area (Å²) in [5.74, 6) is -0.946. The Morgan fingerprint density at radius 2 is 2.00 bits per heavy atom. The molecule has 0 aromatic heterocycles. The molecule has 0 heterocycles. The van der Waals surface area contributed by atoms with Crippen molar-refractivity contribution in [2.45, 2.75) is 0 Å². The topological polar surface area (TPSA) is 75.7 Å². The Bertz CT molecular complexity index is 360. The van der Waals surface area contributed by atoms with Crippen LogP contribution in [0.4, 0.5) is 5.69 Å². The lowest BCUT2D eigenvalue weighted by atomic mass is 10.2. The van der Waals surface area contributed by atoms with Gasteiger partial charge in [0, 0.05) is 0 Å². The Kier molecular flexibility index (Phi) is 3.53. The van der Waals surface area contributed by atoms with Gasteiger partial charge in [0.15, 0.2) is 5.17 Å². The average molecular weight is 210 g/mol. The molecule has 0 saturated heterocycles. The molecule has 0 unspecified atom stereocenters. The van der Waals surface area contributed by atoms with Gasteiger partial charge in [0.25, 0.3) is 0 Å². The molecule has 3 N–H and O–H groups in total. The minimum atomic E-state index is -0.946. The second-order valence-corrected chi connectivity index (χ2v) is 3.33. The van der Waals surface area contributed by atoms with Crippen LogP contribution in [0, 0.1) is 0 Å². The number of hydrogen-bond acceptors (Lipinski definition) is 3. The summed E-state index contributed by atoms with van der Waals surface area (Å²) in [5.41, 5.74) is 6.40. The third-order valence-electron chi connectivity index (χ3n) is 1.56. The lowest BCUT2D eigenvalue weighted by molar-refractivity contribution is 0.0697. The normalized spacial score (nSPS) is 11.4. The number of hydrogen-bond donors (Lipinski definition) is 2. The van der Waals surface area contributed by atoms with Gasteiger partial charge in [-0.05, 0) is 30.5 Å². The first-order chi connectivity index (χ1) is 6.63. The van der Waals surface area contributed by atoms with E-state index in [0.29, 0.717) is 10.9 Å². The quantitative estimate of drug-likeness (QED) is 0.575. The Labute approximate surface area is 85.8 Å². The fraction of sp³-hybridized carbons (Fsp3) is 0.111. The number of carboxylic acid groups (broad SMARTS) is 1. The van der Waals surface area contributed by atoms with Gasteiger partial charge in [-0.15, -0.1) is 0 Å². The van der Waals surface area contributed by atoms with Crippen molar-refractivity contribution in [2.24, 2.45) is 10.7 Å². The van der Waals surface area contributed by atoms with Gasteiger partial charge >= 0.3 is 5.97 Å². The fourth-order valence-corrected chi connectivity index (χ4v) is 1.05. The van der Waals surface area contributed by atoms with E-state index in [0.717, 1.165) is 0 Å². The van der Waals surface area contributed by atoms with Crippen LogP contribution in [0.5, 0.6) is 0 Å². The largest absolute Gasteiger partial charge is 0.478 e. The van der Waals surface area contributed by atoms with Gasteiger partial charge in [0.1, 0.15) is 0 Å². The van der Waals surface area contributed by atoms with E-state index in [1.54, 1.807) is 12.1 Å². The first-order valence-electron chi connectivity index (χ1n) is 3.85. The molecule has 1 aromatic rings. The van der Waals surface area contributed by atoms with Crippen molar-refractivity contribution in [3.63, 3.8) is 0 Å². The van der Waals surface area contributed by atoms with Crippen LogP contribution < -0.4 is 5.73 Å². The lowest BCUT2D eigenvalue weighted by Gasteiger charge is -1.97. The Morgan fingerprint density at radius 1 is 1.43 bits per heavy atom. The number of rotatable bonds is 2. The highest BCUT2D eigenvalue weighted by Gasteiger charge is 2.00. The van der Waals surface area contributed by atoms with E-state index in [1.165, 1.54) is 23.9 Å². The van der Waals surface area contributed by atoms with Crippen LogP contribution in [0.1, 0.15) is 10.4 Å². The predicted molar refractivity (Wildman–Crippen MR) is 58.2 cm³/mol. The molecule has 74 valence electrons. The zero-order valence-electron chi connectivity index (χ0n) is 7.60. The maximum atomic E-state index is 10.5. The van der Waals surface area contributed by atoms with Crippen molar-refractivity contribution < 1.29 is 9.90 Å². The Hall–Kier alpha value is -1.49. The molecule has 0 bridgehead atoms. The molecule has 0 fully saturated rings. The molecule has 5 heteroatoms. The predicted octanol–water partition coefficient (Wildman–Crippen LogP) is 1.69. The van der Waals surface area contributed by atoms with Gasteiger partial charge in [-0.3, -0.25) is 0 Å². The van der Waals surface area contributed by atoms with Crippen LogP contribution in [-0.4, -0.2) is 22.5 Å². The number of aliphatic imine (C=N–C) groups is 1. The molecule has 14 heavy (non-hydrogen) atoms. The molecule has 0 aliphatic heterocycles. The number of aromatic carboxylic acids is 1. The van der Waals surface area contributed by atoms with E-state index in [9.17, 15) is 4.79 Å². The van der Waals surface area contributed by atoms with Gasteiger partial charge in [-0.2, -0.15) is 0 Å². The van der Waals surface area contributed by atoms with E-state index < -0.39 is 5.97 Å². The summed E-state index contributed by atoms with van der Waals surface area (Å²) in [6, 6.07) is 6.22. The molecular formula is C9H10N2O2S. The molecule has 0 saturated carbocycles. The van der Waals surface area contributed by atoms with Crippen LogP contribution in [0.15, 0.2) is 29.3 Å². The molecule has 1 aromatic carbocycles. The maximum absolute atomic E-state index is 10.5. The van der Waals surface area contributed by atoms with E-state index in [4.69, 9.17) is 10.8 Å². The smallest absolute Gasteiger partial charge is 0.335 e. The zero-order chi connectivity index (χ0) is 10.6. The molecule has 0 aliphatic carbocycles. The zero-order valence-corrected chi connectivity index (χ0v) is 8.41. The van der Waals surface area contributed by atoms with Crippen molar-refractivity contribution in [3.8, 4) is 0 Å². The summed E-state index contributed by atoms with van der Waals surface area (Å²) in [4.78, 5) is 14.6. The molecule has 0 aliphatic rings. The van der Waals surface area contributed by atoms with Crippen molar-refractivity contribution >= 4 is 28.6 Å². The third-order valence-corrected chi connectivity index (χ3v) is 2.07. The van der Waals surface area contributed by atoms with Gasteiger partial charge < -0.3 is 10.8 Å². The number of thioether (sulfide) groups is 1. The Balaban J connectivity index is 2.89. The standard InChI is InChI=1S/C9H10N2O2S/c1-14-9(10)11-7-4-2-6(3-5-7)8(12)13/h2-5H,1H3,(H2,10,11)(H,12,13). The van der Waals surface area contributed by atoms with Crippen LogP contribution in [-0.2, 0) is 0 Å². The Morgan fingerprint density at radius 3 is 2.43 bits per heavy atom. The summed E-state index contributed by atoms with van der Waals surface area (Å²) in [5, 5.41) is 9.09. The first kappa shape index (κ1) is 10.6. The highest BCUT2D eigenvalue weighted by molar-refractivity contribution is 8.13. The van der Waals surface area contributed by atoms with Crippen LogP contribution in [0.3, 0.4) is 0 Å². The van der Waals surface area contributed by atoms with E-state index in [1.807, 2.05) is 6.26 Å². The number of carboxylic acids is 1. The SMILES string of the molecule is CSC(N)=Nc1ccc(C(=O)O)cc1. The third kappa shape index (κ3) is 2.77. The second-order valence-electron chi connectivity index (χ2n) is 2.51. The summed E-state index contributed by atoms with van der Waals surface area (Å²) in [7, 11) is 0. The fourth-order valence-electron chi connectivity index (χ4n) is 0.851.